The van der Waals surface area contributed by atoms with Crippen LogP contribution in [0.1, 0.15) is 61.9 Å². The molecule has 2 aliphatic rings. The highest BCUT2D eigenvalue weighted by molar-refractivity contribution is 5.50. The first kappa shape index (κ1) is 19.2. The lowest BCUT2D eigenvalue weighted by molar-refractivity contribution is 0.0785. The van der Waals surface area contributed by atoms with Gasteiger partial charge in [0.25, 0.3) is 0 Å². The van der Waals surface area contributed by atoms with Gasteiger partial charge in [-0.15, -0.1) is 0 Å². The summed E-state index contributed by atoms with van der Waals surface area (Å²) >= 11 is 0. The maximum absolute atomic E-state index is 10.3. The van der Waals surface area contributed by atoms with Gasteiger partial charge < -0.3 is 20.4 Å². The van der Waals surface area contributed by atoms with Gasteiger partial charge in [-0.05, 0) is 56.7 Å². The smallest absolute Gasteiger partial charge is 0.225 e. The zero-order chi connectivity index (χ0) is 19.9. The molecule has 0 spiro atoms. The average Bonchev–Trinajstić information content (AvgIpc) is 3.51. The highest BCUT2D eigenvalue weighted by atomic mass is 16.3. The number of anilines is 2. The van der Waals surface area contributed by atoms with E-state index in [-0.39, 0.29) is 12.6 Å². The highest BCUT2D eigenvalue weighted by Gasteiger charge is 2.28. The Morgan fingerprint density at radius 2 is 2.00 bits per heavy atom. The van der Waals surface area contributed by atoms with Crippen LogP contribution in [0.5, 0.6) is 0 Å². The first-order chi connectivity index (χ1) is 13.3. The summed E-state index contributed by atoms with van der Waals surface area (Å²) in [5.74, 6) is 2.09. The Morgan fingerprint density at radius 1 is 1.21 bits per heavy atom. The van der Waals surface area contributed by atoms with Crippen molar-refractivity contribution >= 4 is 11.8 Å². The third-order valence-electron chi connectivity index (χ3n) is 5.63. The van der Waals surface area contributed by atoms with Crippen molar-refractivity contribution in [2.75, 3.05) is 23.4 Å². The van der Waals surface area contributed by atoms with Crippen LogP contribution in [0.25, 0.3) is 0 Å². The van der Waals surface area contributed by atoms with Crippen LogP contribution in [0.2, 0.25) is 0 Å². The van der Waals surface area contributed by atoms with Gasteiger partial charge in [0.2, 0.25) is 5.95 Å². The Balaban J connectivity index is 1.59. The van der Waals surface area contributed by atoms with Crippen molar-refractivity contribution in [3.8, 4) is 0 Å². The first-order valence-electron chi connectivity index (χ1n) is 10.2. The van der Waals surface area contributed by atoms with Crippen molar-refractivity contribution in [1.29, 1.82) is 0 Å². The first-order valence-corrected chi connectivity index (χ1v) is 10.2. The van der Waals surface area contributed by atoms with Gasteiger partial charge in [0, 0.05) is 31.1 Å². The highest BCUT2D eigenvalue weighted by Crippen LogP contribution is 2.40. The molecule has 0 saturated heterocycles. The lowest BCUT2D eigenvalue weighted by atomic mass is 9.91. The van der Waals surface area contributed by atoms with Gasteiger partial charge in [0.15, 0.2) is 0 Å². The van der Waals surface area contributed by atoms with Crippen molar-refractivity contribution in [1.82, 2.24) is 9.97 Å². The Morgan fingerprint density at radius 3 is 2.68 bits per heavy atom. The van der Waals surface area contributed by atoms with Crippen LogP contribution in [0.3, 0.4) is 0 Å². The van der Waals surface area contributed by atoms with Crippen molar-refractivity contribution in [3.05, 3.63) is 46.6 Å². The second-order valence-electron chi connectivity index (χ2n) is 8.69. The van der Waals surface area contributed by atoms with E-state index in [0.29, 0.717) is 11.9 Å². The molecule has 0 unspecified atom stereocenters. The average molecular weight is 383 g/mol. The van der Waals surface area contributed by atoms with Crippen LogP contribution in [0.15, 0.2) is 24.3 Å². The fraction of sp³-hybridized carbons (Fsp3) is 0.545. The maximum Gasteiger partial charge on any atom is 0.225 e. The number of aromatic nitrogens is 2. The molecular formula is C22H30N4O2. The summed E-state index contributed by atoms with van der Waals surface area (Å²) in [5, 5.41) is 22.8. The Hall–Kier alpha value is -2.18. The minimum atomic E-state index is -0.818. The van der Waals surface area contributed by atoms with E-state index in [0.717, 1.165) is 36.6 Å². The van der Waals surface area contributed by atoms with Crippen LogP contribution in [-0.2, 0) is 18.6 Å². The molecule has 1 aromatic carbocycles. The number of benzene rings is 1. The van der Waals surface area contributed by atoms with Crippen molar-refractivity contribution in [2.45, 2.75) is 64.1 Å². The molecule has 0 radical (unpaired) electrons. The fourth-order valence-corrected chi connectivity index (χ4v) is 3.66. The van der Waals surface area contributed by atoms with E-state index in [1.54, 1.807) is 0 Å². The number of aliphatic hydroxyl groups is 2. The zero-order valence-electron chi connectivity index (χ0n) is 16.9. The van der Waals surface area contributed by atoms with Gasteiger partial charge in [-0.25, -0.2) is 4.98 Å². The number of nitrogens with one attached hydrogen (secondary N) is 1. The predicted octanol–water partition coefficient (Wildman–Crippen LogP) is 2.94. The molecule has 3 N–H and O–H groups in total. The molecule has 1 atom stereocenters. The summed E-state index contributed by atoms with van der Waals surface area (Å²) in [5.41, 5.74) is 3.83. The van der Waals surface area contributed by atoms with Gasteiger partial charge in [-0.2, -0.15) is 4.98 Å². The number of hydrogen-bond acceptors (Lipinski definition) is 6. The van der Waals surface area contributed by atoms with Gasteiger partial charge in [0.05, 0.1) is 17.9 Å². The van der Waals surface area contributed by atoms with Gasteiger partial charge >= 0.3 is 0 Å². The molecule has 150 valence electrons. The molecule has 1 fully saturated rings. The number of fused-ring (bicyclic) bond motifs is 1. The van der Waals surface area contributed by atoms with E-state index < -0.39 is 5.60 Å². The Kier molecular flexibility index (Phi) is 5.02. The summed E-state index contributed by atoms with van der Waals surface area (Å²) in [6, 6.07) is 8.34. The van der Waals surface area contributed by atoms with Gasteiger partial charge in [-0.3, -0.25) is 0 Å². The molecule has 28 heavy (non-hydrogen) atoms. The van der Waals surface area contributed by atoms with Crippen LogP contribution in [0.4, 0.5) is 11.8 Å². The van der Waals surface area contributed by atoms with E-state index in [9.17, 15) is 10.2 Å². The van der Waals surface area contributed by atoms with E-state index in [4.69, 9.17) is 4.98 Å². The predicted molar refractivity (Wildman–Crippen MR) is 111 cm³/mol. The second kappa shape index (κ2) is 7.33. The minimum Gasteiger partial charge on any atom is -0.394 e. The molecule has 1 saturated carbocycles. The summed E-state index contributed by atoms with van der Waals surface area (Å²) in [7, 11) is 0. The molecule has 1 aliphatic heterocycles. The van der Waals surface area contributed by atoms with Crippen molar-refractivity contribution in [3.63, 3.8) is 0 Å². The molecule has 6 nitrogen and oxygen atoms in total. The summed E-state index contributed by atoms with van der Waals surface area (Å²) in [6.45, 7) is 7.31. The van der Waals surface area contributed by atoms with E-state index in [2.05, 4.69) is 33.4 Å². The van der Waals surface area contributed by atoms with Crippen LogP contribution >= 0.6 is 0 Å². The van der Waals surface area contributed by atoms with E-state index >= 15 is 0 Å². The molecule has 0 amide bonds. The van der Waals surface area contributed by atoms with Crippen LogP contribution in [0, 0.1) is 0 Å². The van der Waals surface area contributed by atoms with Crippen LogP contribution in [-0.4, -0.2) is 39.4 Å². The number of nitrogens with zero attached hydrogens (tertiary/aromatic N) is 3. The Bertz CT molecular complexity index is 858. The van der Waals surface area contributed by atoms with Crippen molar-refractivity contribution < 1.29 is 10.2 Å². The summed E-state index contributed by atoms with van der Waals surface area (Å²) in [6.07, 6.45) is 3.31. The van der Waals surface area contributed by atoms with E-state index in [1.807, 2.05) is 26.8 Å². The van der Waals surface area contributed by atoms with Gasteiger partial charge in [0.1, 0.15) is 5.82 Å². The molecule has 0 bridgehead atoms. The molecule has 4 rings (SSSR count). The number of hydrogen-bond donors (Lipinski definition) is 3. The standard InChI is InChI=1S/C22H30N4O2/c1-14(13-27)23-21-24-19(15-4-5-15)11-20(25-21)26-9-8-16-10-18(22(2,3)28)7-6-17(16)12-26/h6-7,10-11,14-15,27-28H,4-5,8-9,12-13H2,1-3H3,(H,23,24,25)/t14-/m1/s1. The van der Waals surface area contributed by atoms with Gasteiger partial charge in [-0.1, -0.05) is 18.2 Å². The molecular weight excluding hydrogens is 352 g/mol. The topological polar surface area (TPSA) is 81.5 Å². The largest absolute Gasteiger partial charge is 0.394 e. The van der Waals surface area contributed by atoms with Crippen molar-refractivity contribution in [2.24, 2.45) is 0 Å². The summed E-state index contributed by atoms with van der Waals surface area (Å²) in [4.78, 5) is 11.7. The normalized spacial score (nSPS) is 18.0. The molecule has 1 aliphatic carbocycles. The molecule has 2 aromatic rings. The van der Waals surface area contributed by atoms with E-state index in [1.165, 1.54) is 24.0 Å². The Labute approximate surface area is 166 Å². The maximum atomic E-state index is 10.3. The molecule has 1 aromatic heterocycles. The lowest BCUT2D eigenvalue weighted by Crippen LogP contribution is -2.32. The molecule has 6 heteroatoms. The second-order valence-corrected chi connectivity index (χ2v) is 8.69. The number of rotatable bonds is 6. The third kappa shape index (κ3) is 4.13. The fourth-order valence-electron chi connectivity index (χ4n) is 3.66. The summed E-state index contributed by atoms with van der Waals surface area (Å²) < 4.78 is 0. The van der Waals surface area contributed by atoms with Crippen LogP contribution < -0.4 is 10.2 Å². The lowest BCUT2D eigenvalue weighted by Gasteiger charge is -2.31. The zero-order valence-corrected chi connectivity index (χ0v) is 16.9. The molecule has 2 heterocycles. The minimum absolute atomic E-state index is 0.0486. The monoisotopic (exact) mass is 382 g/mol. The number of aliphatic hydroxyl groups excluding tert-OH is 1. The third-order valence-corrected chi connectivity index (χ3v) is 5.63. The SMILES string of the molecule is C[C@H](CO)Nc1nc(C2CC2)cc(N2CCc3cc(C(C)(C)O)ccc3C2)n1. The quantitative estimate of drug-likeness (QED) is 0.713.